The zero-order chi connectivity index (χ0) is 17.8. The summed E-state index contributed by atoms with van der Waals surface area (Å²) in [4.78, 5) is 26.1. The molecule has 0 saturated carbocycles. The summed E-state index contributed by atoms with van der Waals surface area (Å²) in [6, 6.07) is 0. The Balaban J connectivity index is 1.84. The Labute approximate surface area is 164 Å². The van der Waals surface area contributed by atoms with Crippen molar-refractivity contribution in [3.63, 3.8) is 0 Å². The SMILES string of the molecule is CCOC(=O)c1c(NC(=O)Cn2cc(I)cn2)sc2c1CCCCC2. The molecule has 0 fully saturated rings. The number of hydrogen-bond donors (Lipinski definition) is 1. The van der Waals surface area contributed by atoms with E-state index in [0.717, 1.165) is 34.8 Å². The minimum atomic E-state index is -0.342. The van der Waals surface area contributed by atoms with Crippen molar-refractivity contribution in [3.05, 3.63) is 32.0 Å². The predicted octanol–water partition coefficient (Wildman–Crippen LogP) is 3.63. The molecular formula is C17H20IN3O3S. The van der Waals surface area contributed by atoms with Crippen LogP contribution in [0.1, 0.15) is 47.0 Å². The Bertz CT molecular complexity index is 784. The van der Waals surface area contributed by atoms with Crippen molar-refractivity contribution in [2.24, 2.45) is 0 Å². The molecule has 0 atom stereocenters. The lowest BCUT2D eigenvalue weighted by Gasteiger charge is -2.08. The number of thiophene rings is 1. The van der Waals surface area contributed by atoms with Crippen molar-refractivity contribution in [3.8, 4) is 0 Å². The average Bonchev–Trinajstić information content (AvgIpc) is 3.03. The number of aromatic nitrogens is 2. The van der Waals surface area contributed by atoms with Gasteiger partial charge in [0.2, 0.25) is 5.91 Å². The van der Waals surface area contributed by atoms with E-state index in [1.807, 2.05) is 0 Å². The lowest BCUT2D eigenvalue weighted by atomic mass is 10.1. The van der Waals surface area contributed by atoms with Crippen LogP contribution in [-0.2, 0) is 28.9 Å². The van der Waals surface area contributed by atoms with Crippen LogP contribution in [0.25, 0.3) is 0 Å². The van der Waals surface area contributed by atoms with Crippen LogP contribution in [0.2, 0.25) is 0 Å². The molecule has 6 nitrogen and oxygen atoms in total. The lowest BCUT2D eigenvalue weighted by Crippen LogP contribution is -2.20. The van der Waals surface area contributed by atoms with Crippen LogP contribution in [0.5, 0.6) is 0 Å². The van der Waals surface area contributed by atoms with E-state index in [2.05, 4.69) is 33.0 Å². The molecule has 0 radical (unpaired) electrons. The molecule has 2 heterocycles. The number of nitrogens with zero attached hydrogens (tertiary/aromatic N) is 2. The second-order valence-electron chi connectivity index (χ2n) is 5.89. The van der Waals surface area contributed by atoms with Gasteiger partial charge in [-0.3, -0.25) is 9.48 Å². The maximum atomic E-state index is 12.5. The third-order valence-electron chi connectivity index (χ3n) is 4.06. The number of carbonyl (C=O) groups is 2. The van der Waals surface area contributed by atoms with E-state index in [9.17, 15) is 9.59 Å². The highest BCUT2D eigenvalue weighted by Crippen LogP contribution is 2.38. The highest BCUT2D eigenvalue weighted by Gasteiger charge is 2.26. The minimum Gasteiger partial charge on any atom is -0.462 e. The summed E-state index contributed by atoms with van der Waals surface area (Å²) in [6.07, 6.45) is 8.68. The first kappa shape index (κ1) is 18.4. The van der Waals surface area contributed by atoms with Crippen molar-refractivity contribution in [1.82, 2.24) is 9.78 Å². The molecule has 0 bridgehead atoms. The lowest BCUT2D eigenvalue weighted by molar-refractivity contribution is -0.116. The Kier molecular flexibility index (Phi) is 6.10. The summed E-state index contributed by atoms with van der Waals surface area (Å²) < 4.78 is 7.79. The zero-order valence-electron chi connectivity index (χ0n) is 14.0. The molecular weight excluding hydrogens is 453 g/mol. The van der Waals surface area contributed by atoms with Gasteiger partial charge in [0, 0.05) is 11.1 Å². The van der Waals surface area contributed by atoms with E-state index >= 15 is 0 Å². The first-order valence-electron chi connectivity index (χ1n) is 8.38. The third-order valence-corrected chi connectivity index (χ3v) is 5.83. The van der Waals surface area contributed by atoms with Gasteiger partial charge in [0.25, 0.3) is 0 Å². The molecule has 1 amide bonds. The highest BCUT2D eigenvalue weighted by atomic mass is 127. The molecule has 0 spiro atoms. The number of amides is 1. The molecule has 0 unspecified atom stereocenters. The van der Waals surface area contributed by atoms with Crippen molar-refractivity contribution in [1.29, 1.82) is 0 Å². The maximum Gasteiger partial charge on any atom is 0.341 e. The summed E-state index contributed by atoms with van der Waals surface area (Å²) in [5.74, 6) is -0.535. The van der Waals surface area contributed by atoms with Gasteiger partial charge in [0.05, 0.1) is 21.9 Å². The summed E-state index contributed by atoms with van der Waals surface area (Å²) in [5, 5.41) is 7.63. The van der Waals surface area contributed by atoms with Crippen LogP contribution in [0.4, 0.5) is 5.00 Å². The quantitative estimate of drug-likeness (QED) is 0.409. The Morgan fingerprint density at radius 1 is 1.36 bits per heavy atom. The van der Waals surface area contributed by atoms with E-state index in [0.29, 0.717) is 17.2 Å². The van der Waals surface area contributed by atoms with Crippen LogP contribution in [0, 0.1) is 3.57 Å². The fraction of sp³-hybridized carbons (Fsp3) is 0.471. The first-order valence-corrected chi connectivity index (χ1v) is 10.3. The van der Waals surface area contributed by atoms with E-state index in [1.165, 1.54) is 22.6 Å². The molecule has 2 aromatic heterocycles. The second kappa shape index (κ2) is 8.31. The van der Waals surface area contributed by atoms with E-state index in [-0.39, 0.29) is 18.4 Å². The van der Waals surface area contributed by atoms with Crippen molar-refractivity contribution in [2.75, 3.05) is 11.9 Å². The second-order valence-corrected chi connectivity index (χ2v) is 8.24. The van der Waals surface area contributed by atoms with E-state index < -0.39 is 0 Å². The van der Waals surface area contributed by atoms with Crippen molar-refractivity contribution in [2.45, 2.75) is 45.6 Å². The van der Waals surface area contributed by atoms with Gasteiger partial charge in [0.15, 0.2) is 0 Å². The number of halogens is 1. The van der Waals surface area contributed by atoms with Crippen LogP contribution in [-0.4, -0.2) is 28.3 Å². The molecule has 25 heavy (non-hydrogen) atoms. The molecule has 1 aliphatic rings. The van der Waals surface area contributed by atoms with Crippen LogP contribution >= 0.6 is 33.9 Å². The molecule has 3 rings (SSSR count). The first-order chi connectivity index (χ1) is 12.1. The fourth-order valence-electron chi connectivity index (χ4n) is 2.99. The average molecular weight is 473 g/mol. The molecule has 8 heteroatoms. The predicted molar refractivity (Wildman–Crippen MR) is 105 cm³/mol. The third kappa shape index (κ3) is 4.41. The van der Waals surface area contributed by atoms with Gasteiger partial charge in [-0.25, -0.2) is 4.79 Å². The number of rotatable bonds is 5. The molecule has 0 aromatic carbocycles. The molecule has 0 aliphatic heterocycles. The molecule has 1 N–H and O–H groups in total. The number of nitrogens with one attached hydrogen (secondary N) is 1. The van der Waals surface area contributed by atoms with Crippen molar-refractivity contribution < 1.29 is 14.3 Å². The largest absolute Gasteiger partial charge is 0.462 e. The molecule has 1 aliphatic carbocycles. The fourth-order valence-corrected chi connectivity index (χ4v) is 4.73. The van der Waals surface area contributed by atoms with Gasteiger partial charge >= 0.3 is 5.97 Å². The molecule has 2 aromatic rings. The van der Waals surface area contributed by atoms with Crippen molar-refractivity contribution >= 4 is 50.8 Å². The van der Waals surface area contributed by atoms with E-state index in [4.69, 9.17) is 4.74 Å². The summed E-state index contributed by atoms with van der Waals surface area (Å²) >= 11 is 3.66. The van der Waals surface area contributed by atoms with Gasteiger partial charge in [-0.15, -0.1) is 11.3 Å². The number of esters is 1. The Morgan fingerprint density at radius 2 is 2.16 bits per heavy atom. The monoisotopic (exact) mass is 473 g/mol. The number of ether oxygens (including phenoxy) is 1. The van der Waals surface area contributed by atoms with Gasteiger partial charge in [-0.05, 0) is 60.8 Å². The smallest absolute Gasteiger partial charge is 0.341 e. The number of hydrogen-bond acceptors (Lipinski definition) is 5. The van der Waals surface area contributed by atoms with Gasteiger partial charge in [-0.2, -0.15) is 5.10 Å². The van der Waals surface area contributed by atoms with Gasteiger partial charge in [-0.1, -0.05) is 6.42 Å². The topological polar surface area (TPSA) is 73.2 Å². The summed E-state index contributed by atoms with van der Waals surface area (Å²) in [6.45, 7) is 2.23. The highest BCUT2D eigenvalue weighted by molar-refractivity contribution is 14.1. The van der Waals surface area contributed by atoms with Crippen LogP contribution in [0.3, 0.4) is 0 Å². The Morgan fingerprint density at radius 3 is 2.88 bits per heavy atom. The van der Waals surface area contributed by atoms with Gasteiger partial charge in [0.1, 0.15) is 11.5 Å². The van der Waals surface area contributed by atoms with Crippen LogP contribution < -0.4 is 5.32 Å². The number of aryl methyl sites for hydroxylation is 1. The summed E-state index contributed by atoms with van der Waals surface area (Å²) in [7, 11) is 0. The minimum absolute atomic E-state index is 0.119. The van der Waals surface area contributed by atoms with Crippen LogP contribution in [0.15, 0.2) is 12.4 Å². The molecule has 0 saturated heterocycles. The maximum absolute atomic E-state index is 12.5. The number of anilines is 1. The standard InChI is InChI=1S/C17H20IN3O3S/c1-2-24-17(23)15-12-6-4-3-5-7-13(12)25-16(15)20-14(22)10-21-9-11(18)8-19-21/h8-9H,2-7,10H2,1H3,(H,20,22). The van der Waals surface area contributed by atoms with E-state index in [1.54, 1.807) is 24.0 Å². The number of fused-ring (bicyclic) bond motifs is 1. The zero-order valence-corrected chi connectivity index (χ0v) is 17.0. The van der Waals surface area contributed by atoms with Gasteiger partial charge < -0.3 is 10.1 Å². The number of carbonyl (C=O) groups excluding carboxylic acids is 2. The normalized spacial score (nSPS) is 13.8. The Hall–Kier alpha value is -1.42. The summed E-state index contributed by atoms with van der Waals surface area (Å²) in [5.41, 5.74) is 1.61. The molecule has 134 valence electrons.